The van der Waals surface area contributed by atoms with Crippen LogP contribution in [0.4, 0.5) is 5.82 Å². The number of hydrogen-bond donors (Lipinski definition) is 1. The summed E-state index contributed by atoms with van der Waals surface area (Å²) in [5.41, 5.74) is 0. The Morgan fingerprint density at radius 1 is 1.65 bits per heavy atom. The topological polar surface area (TPSA) is 67.4 Å². The summed E-state index contributed by atoms with van der Waals surface area (Å²) in [5, 5.41) is 2.96. The maximum absolute atomic E-state index is 11.5. The van der Waals surface area contributed by atoms with E-state index in [0.717, 1.165) is 0 Å². The monoisotopic (exact) mass is 256 g/mol. The van der Waals surface area contributed by atoms with Gasteiger partial charge in [0.05, 0.1) is 13.2 Å². The summed E-state index contributed by atoms with van der Waals surface area (Å²) in [6.07, 6.45) is 0.935. The molecule has 7 heteroatoms. The highest BCUT2D eigenvalue weighted by Crippen LogP contribution is 2.17. The van der Waals surface area contributed by atoms with E-state index in [0.29, 0.717) is 30.7 Å². The molecule has 1 N–H and O–H groups in total. The van der Waals surface area contributed by atoms with Crippen molar-refractivity contribution in [1.82, 2.24) is 15.3 Å². The van der Waals surface area contributed by atoms with Crippen molar-refractivity contribution in [2.45, 2.75) is 6.10 Å². The Labute approximate surface area is 104 Å². The number of nitrogens with one attached hydrogen (secondary N) is 1. The SMILES string of the molecule is CNC(=O)[C@@H]1CN(c2cc(Cl)ncn2)CCO1. The summed E-state index contributed by atoms with van der Waals surface area (Å²) in [7, 11) is 1.59. The molecular weight excluding hydrogens is 244 g/mol. The van der Waals surface area contributed by atoms with E-state index in [1.165, 1.54) is 6.33 Å². The molecule has 0 unspecified atom stereocenters. The lowest BCUT2D eigenvalue weighted by molar-refractivity contribution is -0.132. The van der Waals surface area contributed by atoms with Gasteiger partial charge in [-0.1, -0.05) is 11.6 Å². The zero-order valence-corrected chi connectivity index (χ0v) is 10.1. The first-order chi connectivity index (χ1) is 8.20. The van der Waals surface area contributed by atoms with E-state index in [-0.39, 0.29) is 5.91 Å². The van der Waals surface area contributed by atoms with Gasteiger partial charge < -0.3 is 15.0 Å². The molecule has 2 rings (SSSR count). The van der Waals surface area contributed by atoms with Gasteiger partial charge in [-0.3, -0.25) is 4.79 Å². The molecule has 1 atom stereocenters. The summed E-state index contributed by atoms with van der Waals surface area (Å²) in [4.78, 5) is 21.4. The van der Waals surface area contributed by atoms with Gasteiger partial charge in [0.15, 0.2) is 6.10 Å². The first-order valence-electron chi connectivity index (χ1n) is 5.26. The molecule has 1 aliphatic rings. The zero-order chi connectivity index (χ0) is 12.3. The third-order valence-corrected chi connectivity index (χ3v) is 2.76. The second-order valence-corrected chi connectivity index (χ2v) is 4.01. The van der Waals surface area contributed by atoms with E-state index in [1.807, 2.05) is 4.90 Å². The third kappa shape index (κ3) is 2.83. The molecule has 1 aliphatic heterocycles. The highest BCUT2D eigenvalue weighted by atomic mass is 35.5. The van der Waals surface area contributed by atoms with Crippen molar-refractivity contribution in [2.75, 3.05) is 31.6 Å². The second kappa shape index (κ2) is 5.29. The fourth-order valence-corrected chi connectivity index (χ4v) is 1.82. The number of rotatable bonds is 2. The van der Waals surface area contributed by atoms with Crippen LogP contribution in [-0.2, 0) is 9.53 Å². The Morgan fingerprint density at radius 3 is 3.18 bits per heavy atom. The number of hydrogen-bond acceptors (Lipinski definition) is 5. The van der Waals surface area contributed by atoms with Crippen molar-refractivity contribution in [1.29, 1.82) is 0 Å². The maximum Gasteiger partial charge on any atom is 0.250 e. The van der Waals surface area contributed by atoms with E-state index >= 15 is 0 Å². The average Bonchev–Trinajstić information content (AvgIpc) is 2.38. The van der Waals surface area contributed by atoms with E-state index in [4.69, 9.17) is 16.3 Å². The number of amides is 1. The Balaban J connectivity index is 2.09. The van der Waals surface area contributed by atoms with Crippen molar-refractivity contribution in [2.24, 2.45) is 0 Å². The fraction of sp³-hybridized carbons (Fsp3) is 0.500. The van der Waals surface area contributed by atoms with E-state index in [9.17, 15) is 4.79 Å². The molecule has 2 heterocycles. The number of carbonyl (C=O) groups excluding carboxylic acids is 1. The quantitative estimate of drug-likeness (QED) is 0.759. The molecule has 0 saturated carbocycles. The molecular formula is C10H13ClN4O2. The standard InChI is InChI=1S/C10H13ClN4O2/c1-12-10(16)7-5-15(2-3-17-7)9-4-8(11)13-6-14-9/h4,6-7H,2-3,5H2,1H3,(H,12,16)/t7-/m0/s1. The summed E-state index contributed by atoms with van der Waals surface area (Å²) in [6, 6.07) is 1.67. The number of anilines is 1. The lowest BCUT2D eigenvalue weighted by Crippen LogP contribution is -2.49. The Kier molecular flexibility index (Phi) is 3.75. The predicted octanol–water partition coefficient (Wildman–Crippen LogP) is 0.0812. The van der Waals surface area contributed by atoms with Gasteiger partial charge in [0.1, 0.15) is 17.3 Å². The second-order valence-electron chi connectivity index (χ2n) is 3.62. The molecule has 0 aromatic carbocycles. The third-order valence-electron chi connectivity index (χ3n) is 2.55. The lowest BCUT2D eigenvalue weighted by Gasteiger charge is -2.32. The molecule has 1 saturated heterocycles. The fourth-order valence-electron chi connectivity index (χ4n) is 1.67. The van der Waals surface area contributed by atoms with Crippen molar-refractivity contribution in [3.8, 4) is 0 Å². The Morgan fingerprint density at radius 2 is 2.47 bits per heavy atom. The minimum atomic E-state index is -0.470. The van der Waals surface area contributed by atoms with Crippen LogP contribution in [0.2, 0.25) is 5.15 Å². The molecule has 1 aromatic rings. The first kappa shape index (κ1) is 12.1. The van der Waals surface area contributed by atoms with Crippen LogP contribution in [0, 0.1) is 0 Å². The highest BCUT2D eigenvalue weighted by Gasteiger charge is 2.26. The minimum Gasteiger partial charge on any atom is -0.365 e. The molecule has 6 nitrogen and oxygen atoms in total. The van der Waals surface area contributed by atoms with Crippen molar-refractivity contribution in [3.05, 3.63) is 17.5 Å². The maximum atomic E-state index is 11.5. The van der Waals surface area contributed by atoms with Crippen LogP contribution in [0.5, 0.6) is 0 Å². The molecule has 92 valence electrons. The number of carbonyl (C=O) groups is 1. The normalized spacial score (nSPS) is 20.1. The number of likely N-dealkylation sites (N-methyl/N-ethyl adjacent to an activating group) is 1. The molecule has 0 spiro atoms. The van der Waals surface area contributed by atoms with Gasteiger partial charge in [-0.05, 0) is 0 Å². The number of ether oxygens (including phenoxy) is 1. The molecule has 1 amide bonds. The van der Waals surface area contributed by atoms with Crippen LogP contribution in [0.15, 0.2) is 12.4 Å². The largest absolute Gasteiger partial charge is 0.365 e. The van der Waals surface area contributed by atoms with Crippen LogP contribution in [0.1, 0.15) is 0 Å². The molecule has 0 radical (unpaired) electrons. The average molecular weight is 257 g/mol. The Bertz CT molecular complexity index is 415. The minimum absolute atomic E-state index is 0.130. The first-order valence-corrected chi connectivity index (χ1v) is 5.64. The lowest BCUT2D eigenvalue weighted by atomic mass is 10.2. The Hall–Kier alpha value is -1.40. The van der Waals surface area contributed by atoms with Gasteiger partial charge in [0, 0.05) is 19.7 Å². The number of halogens is 1. The van der Waals surface area contributed by atoms with Gasteiger partial charge in [0.2, 0.25) is 0 Å². The van der Waals surface area contributed by atoms with E-state index < -0.39 is 6.10 Å². The van der Waals surface area contributed by atoms with Gasteiger partial charge >= 0.3 is 0 Å². The van der Waals surface area contributed by atoms with Crippen molar-refractivity contribution in [3.63, 3.8) is 0 Å². The molecule has 1 fully saturated rings. The van der Waals surface area contributed by atoms with Gasteiger partial charge in [-0.2, -0.15) is 0 Å². The summed E-state index contributed by atoms with van der Waals surface area (Å²) >= 11 is 5.80. The number of aromatic nitrogens is 2. The van der Waals surface area contributed by atoms with Crippen LogP contribution >= 0.6 is 11.6 Å². The van der Waals surface area contributed by atoms with Crippen LogP contribution < -0.4 is 10.2 Å². The zero-order valence-electron chi connectivity index (χ0n) is 9.39. The van der Waals surface area contributed by atoms with Crippen LogP contribution in [0.25, 0.3) is 0 Å². The van der Waals surface area contributed by atoms with E-state index in [1.54, 1.807) is 13.1 Å². The summed E-state index contributed by atoms with van der Waals surface area (Å²) in [5.74, 6) is 0.581. The number of nitrogens with zero attached hydrogens (tertiary/aromatic N) is 3. The van der Waals surface area contributed by atoms with Gasteiger partial charge in [-0.15, -0.1) is 0 Å². The molecule has 1 aromatic heterocycles. The van der Waals surface area contributed by atoms with E-state index in [2.05, 4.69) is 15.3 Å². The van der Waals surface area contributed by atoms with Crippen LogP contribution in [-0.4, -0.2) is 48.7 Å². The van der Waals surface area contributed by atoms with Crippen LogP contribution in [0.3, 0.4) is 0 Å². The van der Waals surface area contributed by atoms with Gasteiger partial charge in [0.25, 0.3) is 5.91 Å². The van der Waals surface area contributed by atoms with Gasteiger partial charge in [-0.25, -0.2) is 9.97 Å². The molecule has 0 aliphatic carbocycles. The highest BCUT2D eigenvalue weighted by molar-refractivity contribution is 6.29. The summed E-state index contributed by atoms with van der Waals surface area (Å²) < 4.78 is 5.38. The number of morpholine rings is 1. The molecule has 17 heavy (non-hydrogen) atoms. The molecule has 0 bridgehead atoms. The summed E-state index contributed by atoms with van der Waals surface area (Å²) in [6.45, 7) is 1.63. The predicted molar refractivity (Wildman–Crippen MR) is 63.1 cm³/mol. The smallest absolute Gasteiger partial charge is 0.250 e. The van der Waals surface area contributed by atoms with Crippen molar-refractivity contribution < 1.29 is 9.53 Å². The van der Waals surface area contributed by atoms with Crippen molar-refractivity contribution >= 4 is 23.3 Å².